The number of halogens is 1. The van der Waals surface area contributed by atoms with Crippen molar-refractivity contribution in [2.24, 2.45) is 0 Å². The summed E-state index contributed by atoms with van der Waals surface area (Å²) >= 11 is 0. The second kappa shape index (κ2) is 9.65. The van der Waals surface area contributed by atoms with Crippen LogP contribution >= 0.6 is 0 Å². The Morgan fingerprint density at radius 1 is 1.21 bits per heavy atom. The fraction of sp³-hybridized carbons (Fsp3) is 0.261. The van der Waals surface area contributed by atoms with E-state index in [0.29, 0.717) is 42.3 Å². The number of benzene rings is 2. The second-order valence-electron chi connectivity index (χ2n) is 6.72. The number of nitriles is 1. The van der Waals surface area contributed by atoms with E-state index in [9.17, 15) is 9.18 Å². The van der Waals surface area contributed by atoms with Crippen molar-refractivity contribution in [2.75, 3.05) is 6.54 Å². The highest BCUT2D eigenvalue weighted by atomic mass is 19.1. The molecule has 3 rings (SSSR count). The van der Waals surface area contributed by atoms with Gasteiger partial charge in [-0.2, -0.15) is 5.26 Å². The van der Waals surface area contributed by atoms with E-state index in [-0.39, 0.29) is 18.1 Å². The SMILES string of the molecule is CCCN(Cc1ccc(C#N)cc1)C(=O)CCc1ncc(-c2ccccc2F)o1. The van der Waals surface area contributed by atoms with Crippen LogP contribution in [0.1, 0.15) is 36.8 Å². The van der Waals surface area contributed by atoms with Crippen molar-refractivity contribution >= 4 is 5.91 Å². The van der Waals surface area contributed by atoms with Gasteiger partial charge in [0.15, 0.2) is 11.7 Å². The highest BCUT2D eigenvalue weighted by molar-refractivity contribution is 5.76. The summed E-state index contributed by atoms with van der Waals surface area (Å²) in [4.78, 5) is 18.7. The summed E-state index contributed by atoms with van der Waals surface area (Å²) in [6, 6.07) is 15.7. The molecule has 148 valence electrons. The Hall–Kier alpha value is -3.46. The summed E-state index contributed by atoms with van der Waals surface area (Å²) < 4.78 is 19.5. The van der Waals surface area contributed by atoms with E-state index in [2.05, 4.69) is 11.1 Å². The summed E-state index contributed by atoms with van der Waals surface area (Å²) in [6.07, 6.45) is 2.94. The number of carbonyl (C=O) groups is 1. The van der Waals surface area contributed by atoms with Crippen molar-refractivity contribution in [3.8, 4) is 17.4 Å². The fourth-order valence-corrected chi connectivity index (χ4v) is 3.05. The molecule has 0 N–H and O–H groups in total. The smallest absolute Gasteiger partial charge is 0.223 e. The van der Waals surface area contributed by atoms with Gasteiger partial charge in [-0.25, -0.2) is 9.37 Å². The Kier molecular flexibility index (Phi) is 6.75. The Morgan fingerprint density at radius 2 is 1.97 bits per heavy atom. The molecule has 3 aromatic rings. The molecular formula is C23H22FN3O2. The lowest BCUT2D eigenvalue weighted by molar-refractivity contribution is -0.131. The van der Waals surface area contributed by atoms with Crippen molar-refractivity contribution in [1.82, 2.24) is 9.88 Å². The van der Waals surface area contributed by atoms with Crippen molar-refractivity contribution in [3.05, 3.63) is 77.6 Å². The van der Waals surface area contributed by atoms with Gasteiger partial charge in [-0.15, -0.1) is 0 Å². The molecule has 29 heavy (non-hydrogen) atoms. The first-order valence-corrected chi connectivity index (χ1v) is 9.57. The van der Waals surface area contributed by atoms with Crippen LogP contribution in [-0.4, -0.2) is 22.3 Å². The fourth-order valence-electron chi connectivity index (χ4n) is 3.05. The van der Waals surface area contributed by atoms with Gasteiger partial charge in [-0.3, -0.25) is 4.79 Å². The average molecular weight is 391 g/mol. The minimum atomic E-state index is -0.372. The quantitative estimate of drug-likeness (QED) is 0.557. The van der Waals surface area contributed by atoms with Crippen LogP contribution in [0.2, 0.25) is 0 Å². The molecule has 6 heteroatoms. The molecule has 1 aromatic heterocycles. The Labute approximate surface area is 169 Å². The number of aryl methyl sites for hydroxylation is 1. The van der Waals surface area contributed by atoms with Gasteiger partial charge in [0.2, 0.25) is 5.91 Å². The zero-order valence-electron chi connectivity index (χ0n) is 16.3. The number of nitrogens with zero attached hydrogens (tertiary/aromatic N) is 3. The number of oxazole rings is 1. The Morgan fingerprint density at radius 3 is 2.66 bits per heavy atom. The lowest BCUT2D eigenvalue weighted by Gasteiger charge is -2.22. The molecule has 5 nitrogen and oxygen atoms in total. The molecule has 0 spiro atoms. The van der Waals surface area contributed by atoms with E-state index in [1.54, 1.807) is 35.2 Å². The van der Waals surface area contributed by atoms with E-state index in [1.807, 2.05) is 19.1 Å². The third-order valence-electron chi connectivity index (χ3n) is 4.55. The first-order chi connectivity index (χ1) is 14.1. The van der Waals surface area contributed by atoms with Gasteiger partial charge in [0.05, 0.1) is 23.4 Å². The zero-order valence-corrected chi connectivity index (χ0v) is 16.3. The number of carbonyl (C=O) groups excluding carboxylic acids is 1. The van der Waals surface area contributed by atoms with Gasteiger partial charge in [0.25, 0.3) is 0 Å². The highest BCUT2D eigenvalue weighted by Gasteiger charge is 2.16. The average Bonchev–Trinajstić information content (AvgIpc) is 3.21. The summed E-state index contributed by atoms with van der Waals surface area (Å²) in [6.45, 7) is 3.16. The van der Waals surface area contributed by atoms with E-state index in [0.717, 1.165) is 12.0 Å². The number of hydrogen-bond acceptors (Lipinski definition) is 4. The lowest BCUT2D eigenvalue weighted by Crippen LogP contribution is -2.31. The molecule has 2 aromatic carbocycles. The van der Waals surface area contributed by atoms with Gasteiger partial charge >= 0.3 is 0 Å². The minimum Gasteiger partial charge on any atom is -0.441 e. The van der Waals surface area contributed by atoms with Gasteiger partial charge < -0.3 is 9.32 Å². The highest BCUT2D eigenvalue weighted by Crippen LogP contribution is 2.23. The second-order valence-corrected chi connectivity index (χ2v) is 6.72. The normalized spacial score (nSPS) is 10.5. The first kappa shape index (κ1) is 20.3. The maximum Gasteiger partial charge on any atom is 0.223 e. The molecule has 0 radical (unpaired) electrons. The van der Waals surface area contributed by atoms with Crippen molar-refractivity contribution in [3.63, 3.8) is 0 Å². The van der Waals surface area contributed by atoms with Crippen LogP contribution in [0, 0.1) is 17.1 Å². The molecule has 0 bridgehead atoms. The molecule has 0 aliphatic carbocycles. The van der Waals surface area contributed by atoms with E-state index in [1.165, 1.54) is 12.3 Å². The molecule has 0 saturated heterocycles. The van der Waals surface area contributed by atoms with E-state index in [4.69, 9.17) is 9.68 Å². The van der Waals surface area contributed by atoms with E-state index < -0.39 is 0 Å². The molecule has 0 fully saturated rings. The molecular weight excluding hydrogens is 369 g/mol. The summed E-state index contributed by atoms with van der Waals surface area (Å²) in [7, 11) is 0. The van der Waals surface area contributed by atoms with Gasteiger partial charge in [0, 0.05) is 25.9 Å². The van der Waals surface area contributed by atoms with Gasteiger partial charge in [0.1, 0.15) is 5.82 Å². The molecule has 0 aliphatic heterocycles. The largest absolute Gasteiger partial charge is 0.441 e. The topological polar surface area (TPSA) is 70.1 Å². The molecule has 1 heterocycles. The minimum absolute atomic E-state index is 0.00171. The third-order valence-corrected chi connectivity index (χ3v) is 4.55. The first-order valence-electron chi connectivity index (χ1n) is 9.57. The van der Waals surface area contributed by atoms with Crippen LogP contribution in [0.4, 0.5) is 4.39 Å². The van der Waals surface area contributed by atoms with Crippen LogP contribution in [0.5, 0.6) is 0 Å². The number of rotatable bonds is 8. The Bertz CT molecular complexity index is 1010. The zero-order chi connectivity index (χ0) is 20.6. The van der Waals surface area contributed by atoms with Crippen LogP contribution in [0.25, 0.3) is 11.3 Å². The Balaban J connectivity index is 1.61. The molecule has 0 atom stereocenters. The summed E-state index contributed by atoms with van der Waals surface area (Å²) in [5.41, 5.74) is 1.92. The van der Waals surface area contributed by atoms with Crippen molar-refractivity contribution < 1.29 is 13.6 Å². The maximum absolute atomic E-state index is 13.9. The van der Waals surface area contributed by atoms with Crippen LogP contribution in [0.3, 0.4) is 0 Å². The monoisotopic (exact) mass is 391 g/mol. The molecule has 0 saturated carbocycles. The lowest BCUT2D eigenvalue weighted by atomic mass is 10.1. The third kappa shape index (κ3) is 5.29. The number of amides is 1. The van der Waals surface area contributed by atoms with Gasteiger partial charge in [-0.05, 0) is 36.2 Å². The van der Waals surface area contributed by atoms with Crippen LogP contribution in [-0.2, 0) is 17.8 Å². The van der Waals surface area contributed by atoms with Crippen molar-refractivity contribution in [1.29, 1.82) is 5.26 Å². The molecule has 0 unspecified atom stereocenters. The summed E-state index contributed by atoms with van der Waals surface area (Å²) in [5, 5.41) is 8.90. The standard InChI is InChI=1S/C23H22FN3O2/c1-2-13-27(16-18-9-7-17(14-25)8-10-18)23(28)12-11-22-26-15-21(29-22)19-5-3-4-6-20(19)24/h3-10,15H,2,11-13,16H2,1H3. The van der Waals surface area contributed by atoms with Crippen LogP contribution < -0.4 is 0 Å². The molecule has 0 aliphatic rings. The summed E-state index contributed by atoms with van der Waals surface area (Å²) in [5.74, 6) is 0.393. The van der Waals surface area contributed by atoms with Gasteiger partial charge in [-0.1, -0.05) is 31.2 Å². The number of hydrogen-bond donors (Lipinski definition) is 0. The van der Waals surface area contributed by atoms with E-state index >= 15 is 0 Å². The molecule has 1 amide bonds. The predicted octanol–water partition coefficient (Wildman–Crippen LogP) is 4.72. The predicted molar refractivity (Wildman–Crippen MR) is 107 cm³/mol. The van der Waals surface area contributed by atoms with Crippen LogP contribution in [0.15, 0.2) is 59.1 Å². The maximum atomic E-state index is 13.9. The van der Waals surface area contributed by atoms with Crippen molar-refractivity contribution in [2.45, 2.75) is 32.7 Å². The number of aromatic nitrogens is 1.